The fourth-order valence-electron chi connectivity index (χ4n) is 1.76. The predicted octanol–water partition coefficient (Wildman–Crippen LogP) is 2.75. The van der Waals surface area contributed by atoms with E-state index >= 15 is 0 Å². The highest BCUT2D eigenvalue weighted by molar-refractivity contribution is 5.20. The molecule has 0 aliphatic heterocycles. The van der Waals surface area contributed by atoms with Crippen LogP contribution in [0.2, 0.25) is 0 Å². The van der Waals surface area contributed by atoms with Crippen LogP contribution in [0.1, 0.15) is 26.2 Å². The first-order valence-corrected chi connectivity index (χ1v) is 7.06. The Hall–Kier alpha value is -1.57. The molecule has 1 N–H and O–H groups in total. The van der Waals surface area contributed by atoms with Crippen LogP contribution >= 0.6 is 0 Å². The summed E-state index contributed by atoms with van der Waals surface area (Å²) in [6.07, 6.45) is 2.78. The van der Waals surface area contributed by atoms with Gasteiger partial charge in [0.15, 0.2) is 0 Å². The molecule has 110 valence electrons. The first kappa shape index (κ1) is 16.5. The van der Waals surface area contributed by atoms with Crippen molar-refractivity contribution in [2.24, 2.45) is 0 Å². The Morgan fingerprint density at radius 3 is 2.55 bits per heavy atom. The molecule has 0 saturated heterocycles. The lowest BCUT2D eigenvalue weighted by molar-refractivity contribution is 0.0964. The monoisotopic (exact) mass is 276 g/mol. The Morgan fingerprint density at radius 2 is 1.90 bits per heavy atom. The smallest absolute Gasteiger partial charge is 0.119 e. The maximum absolute atomic E-state index is 9.01. The fourth-order valence-corrected chi connectivity index (χ4v) is 1.76. The van der Waals surface area contributed by atoms with Gasteiger partial charge < -0.3 is 14.8 Å². The number of nitrogens with zero attached hydrogens (tertiary/aromatic N) is 1. The summed E-state index contributed by atoms with van der Waals surface area (Å²) in [6, 6.07) is 12.0. The first-order valence-electron chi connectivity index (χ1n) is 7.06. The zero-order chi connectivity index (χ0) is 14.7. The van der Waals surface area contributed by atoms with Gasteiger partial charge in [0.2, 0.25) is 0 Å². The molecule has 0 aromatic heterocycles. The SMILES string of the molecule is CNC(C)(C#N)CCCCOCCOc1ccccc1. The molecule has 1 aromatic carbocycles. The second kappa shape index (κ2) is 9.35. The predicted molar refractivity (Wildman–Crippen MR) is 79.7 cm³/mol. The summed E-state index contributed by atoms with van der Waals surface area (Å²) in [6.45, 7) is 3.79. The van der Waals surface area contributed by atoms with Gasteiger partial charge in [-0.2, -0.15) is 5.26 Å². The quantitative estimate of drug-likeness (QED) is 0.668. The average molecular weight is 276 g/mol. The molecule has 4 nitrogen and oxygen atoms in total. The van der Waals surface area contributed by atoms with Crippen LogP contribution in [0.15, 0.2) is 30.3 Å². The maximum atomic E-state index is 9.01. The fraction of sp³-hybridized carbons (Fsp3) is 0.562. The topological polar surface area (TPSA) is 54.3 Å². The number of hydrogen-bond donors (Lipinski definition) is 1. The van der Waals surface area contributed by atoms with Crippen molar-refractivity contribution in [1.82, 2.24) is 5.32 Å². The van der Waals surface area contributed by atoms with Crippen molar-refractivity contribution < 1.29 is 9.47 Å². The Bertz CT molecular complexity index is 403. The molecule has 0 saturated carbocycles. The van der Waals surface area contributed by atoms with Gasteiger partial charge in [0.05, 0.1) is 12.7 Å². The number of ether oxygens (including phenoxy) is 2. The van der Waals surface area contributed by atoms with Crippen molar-refractivity contribution in [3.8, 4) is 11.8 Å². The minimum atomic E-state index is -0.420. The Balaban J connectivity index is 1.97. The molecule has 20 heavy (non-hydrogen) atoms. The molecule has 0 amide bonds. The number of unbranched alkanes of at least 4 members (excludes halogenated alkanes) is 1. The molecule has 1 atom stereocenters. The molecule has 0 bridgehead atoms. The molecule has 0 aliphatic carbocycles. The van der Waals surface area contributed by atoms with E-state index in [-0.39, 0.29) is 0 Å². The summed E-state index contributed by atoms with van der Waals surface area (Å²) >= 11 is 0. The molecule has 1 aromatic rings. The standard InChI is InChI=1S/C16H24N2O2/c1-16(14-17,18-2)10-6-7-11-19-12-13-20-15-8-4-3-5-9-15/h3-5,8-9,18H,6-7,10-13H2,1-2H3. The molecule has 0 fully saturated rings. The van der Waals surface area contributed by atoms with E-state index < -0.39 is 5.54 Å². The number of para-hydroxylation sites is 1. The number of nitriles is 1. The molecule has 1 unspecified atom stereocenters. The Kier molecular flexibility index (Phi) is 7.71. The number of nitrogens with one attached hydrogen (secondary N) is 1. The highest BCUT2D eigenvalue weighted by Gasteiger charge is 2.19. The van der Waals surface area contributed by atoms with Gasteiger partial charge in [-0.05, 0) is 45.4 Å². The van der Waals surface area contributed by atoms with Crippen LogP contribution in [0, 0.1) is 11.3 Å². The van der Waals surface area contributed by atoms with Crippen molar-refractivity contribution in [1.29, 1.82) is 5.26 Å². The van der Waals surface area contributed by atoms with E-state index in [1.54, 1.807) is 0 Å². The van der Waals surface area contributed by atoms with E-state index in [9.17, 15) is 0 Å². The lowest BCUT2D eigenvalue weighted by atomic mass is 9.97. The molecular weight excluding hydrogens is 252 g/mol. The minimum Gasteiger partial charge on any atom is -0.491 e. The van der Waals surface area contributed by atoms with Crippen molar-refractivity contribution >= 4 is 0 Å². The van der Waals surface area contributed by atoms with Crippen LogP contribution < -0.4 is 10.1 Å². The minimum absolute atomic E-state index is 0.420. The van der Waals surface area contributed by atoms with Gasteiger partial charge in [0, 0.05) is 6.61 Å². The van der Waals surface area contributed by atoms with Crippen LogP contribution in [0.3, 0.4) is 0 Å². The summed E-state index contributed by atoms with van der Waals surface area (Å²) in [5.74, 6) is 0.870. The number of hydrogen-bond acceptors (Lipinski definition) is 4. The summed E-state index contributed by atoms with van der Waals surface area (Å²) < 4.78 is 11.0. The summed E-state index contributed by atoms with van der Waals surface area (Å²) in [5, 5.41) is 12.0. The maximum Gasteiger partial charge on any atom is 0.119 e. The van der Waals surface area contributed by atoms with E-state index in [0.29, 0.717) is 19.8 Å². The largest absolute Gasteiger partial charge is 0.491 e. The van der Waals surface area contributed by atoms with E-state index in [0.717, 1.165) is 25.0 Å². The molecule has 0 heterocycles. The Morgan fingerprint density at radius 1 is 1.15 bits per heavy atom. The molecule has 1 rings (SSSR count). The van der Waals surface area contributed by atoms with Crippen LogP contribution in [0.5, 0.6) is 5.75 Å². The lowest BCUT2D eigenvalue weighted by Gasteiger charge is -2.20. The van der Waals surface area contributed by atoms with Crippen molar-refractivity contribution in [2.75, 3.05) is 26.9 Å². The van der Waals surface area contributed by atoms with Gasteiger partial charge >= 0.3 is 0 Å². The second-order valence-corrected chi connectivity index (χ2v) is 4.92. The highest BCUT2D eigenvalue weighted by Crippen LogP contribution is 2.12. The highest BCUT2D eigenvalue weighted by atomic mass is 16.5. The third-order valence-corrected chi connectivity index (χ3v) is 3.25. The normalized spacial score (nSPS) is 13.4. The zero-order valence-electron chi connectivity index (χ0n) is 12.4. The lowest BCUT2D eigenvalue weighted by Crippen LogP contribution is -2.37. The van der Waals surface area contributed by atoms with Crippen LogP contribution in [-0.2, 0) is 4.74 Å². The van der Waals surface area contributed by atoms with Gasteiger partial charge in [-0.25, -0.2) is 0 Å². The zero-order valence-corrected chi connectivity index (χ0v) is 12.4. The third kappa shape index (κ3) is 6.55. The van der Waals surface area contributed by atoms with Crippen molar-refractivity contribution in [3.63, 3.8) is 0 Å². The van der Waals surface area contributed by atoms with E-state index in [2.05, 4.69) is 11.4 Å². The van der Waals surface area contributed by atoms with E-state index in [1.165, 1.54) is 0 Å². The second-order valence-electron chi connectivity index (χ2n) is 4.92. The molecule has 0 radical (unpaired) electrons. The van der Waals surface area contributed by atoms with Gasteiger partial charge in [-0.1, -0.05) is 18.2 Å². The van der Waals surface area contributed by atoms with Gasteiger partial charge in [0.1, 0.15) is 17.9 Å². The molecule has 4 heteroatoms. The molecule has 0 spiro atoms. The van der Waals surface area contributed by atoms with E-state index in [1.807, 2.05) is 44.3 Å². The van der Waals surface area contributed by atoms with Gasteiger partial charge in [0.25, 0.3) is 0 Å². The summed E-state index contributed by atoms with van der Waals surface area (Å²) in [5.41, 5.74) is -0.420. The first-order chi connectivity index (χ1) is 9.70. The van der Waals surface area contributed by atoms with Crippen LogP contribution in [0.25, 0.3) is 0 Å². The van der Waals surface area contributed by atoms with Gasteiger partial charge in [-0.15, -0.1) is 0 Å². The summed E-state index contributed by atoms with van der Waals surface area (Å²) in [4.78, 5) is 0. The van der Waals surface area contributed by atoms with Crippen LogP contribution in [-0.4, -0.2) is 32.4 Å². The molecule has 0 aliphatic rings. The van der Waals surface area contributed by atoms with Gasteiger partial charge in [-0.3, -0.25) is 0 Å². The molecular formula is C16H24N2O2. The van der Waals surface area contributed by atoms with E-state index in [4.69, 9.17) is 14.7 Å². The summed E-state index contributed by atoms with van der Waals surface area (Å²) in [7, 11) is 1.82. The number of rotatable bonds is 10. The van der Waals surface area contributed by atoms with Crippen LogP contribution in [0.4, 0.5) is 0 Å². The third-order valence-electron chi connectivity index (χ3n) is 3.25. The number of benzene rings is 1. The average Bonchev–Trinajstić information content (AvgIpc) is 2.50. The van der Waals surface area contributed by atoms with Crippen molar-refractivity contribution in [2.45, 2.75) is 31.7 Å². The van der Waals surface area contributed by atoms with Crippen molar-refractivity contribution in [3.05, 3.63) is 30.3 Å². The Labute approximate surface area is 121 Å².